The van der Waals surface area contributed by atoms with Gasteiger partial charge in [-0.05, 0) is 23.8 Å². The minimum atomic E-state index is -1.24. The first-order valence-corrected chi connectivity index (χ1v) is 5.32. The Kier molecular flexibility index (Phi) is 4.47. The van der Waals surface area contributed by atoms with Crippen LogP contribution in [0, 0.1) is 11.3 Å². The van der Waals surface area contributed by atoms with Crippen LogP contribution in [0.2, 0.25) is 0 Å². The van der Waals surface area contributed by atoms with E-state index < -0.39 is 12.1 Å². The molecule has 0 aromatic heterocycles. The van der Waals surface area contributed by atoms with Gasteiger partial charge in [-0.2, -0.15) is 5.26 Å². The smallest absolute Gasteiger partial charge is 0.335 e. The third-order valence-corrected chi connectivity index (χ3v) is 2.57. The van der Waals surface area contributed by atoms with Crippen LogP contribution in [0.15, 0.2) is 22.7 Å². The molecule has 0 fully saturated rings. The van der Waals surface area contributed by atoms with Gasteiger partial charge in [0.05, 0.1) is 18.7 Å². The summed E-state index contributed by atoms with van der Waals surface area (Å²) in [6, 6.07) is 7.06. The molecule has 0 radical (unpaired) electrons. The van der Waals surface area contributed by atoms with Crippen molar-refractivity contribution < 1.29 is 14.6 Å². The minimum Gasteiger partial charge on any atom is -0.467 e. The molecule has 16 heavy (non-hydrogen) atoms. The molecule has 0 aliphatic heterocycles. The second-order valence-corrected chi connectivity index (χ2v) is 4.07. The van der Waals surface area contributed by atoms with Crippen molar-refractivity contribution in [2.75, 3.05) is 7.11 Å². The summed E-state index contributed by atoms with van der Waals surface area (Å²) in [6.45, 7) is 0. The molecule has 5 heteroatoms. The monoisotopic (exact) mass is 283 g/mol. The fourth-order valence-corrected chi connectivity index (χ4v) is 1.68. The van der Waals surface area contributed by atoms with Crippen LogP contribution in [-0.4, -0.2) is 24.3 Å². The Morgan fingerprint density at radius 2 is 2.38 bits per heavy atom. The van der Waals surface area contributed by atoms with Gasteiger partial charge in [0.15, 0.2) is 6.10 Å². The zero-order chi connectivity index (χ0) is 12.1. The molecule has 4 nitrogen and oxygen atoms in total. The summed E-state index contributed by atoms with van der Waals surface area (Å²) in [5.74, 6) is -0.705. The SMILES string of the molecule is COC(=O)C(O)Cc1cc(Br)ccc1C#N. The summed E-state index contributed by atoms with van der Waals surface area (Å²) < 4.78 is 5.19. The van der Waals surface area contributed by atoms with E-state index in [4.69, 9.17) is 5.26 Å². The van der Waals surface area contributed by atoms with Crippen molar-refractivity contribution in [1.82, 2.24) is 0 Å². The molecule has 1 aromatic rings. The van der Waals surface area contributed by atoms with E-state index in [-0.39, 0.29) is 6.42 Å². The molecule has 1 aromatic carbocycles. The van der Waals surface area contributed by atoms with E-state index in [1.54, 1.807) is 18.2 Å². The van der Waals surface area contributed by atoms with Crippen LogP contribution in [0.4, 0.5) is 0 Å². The summed E-state index contributed by atoms with van der Waals surface area (Å²) in [7, 11) is 1.21. The van der Waals surface area contributed by atoms with Gasteiger partial charge < -0.3 is 9.84 Å². The number of halogens is 1. The fourth-order valence-electron chi connectivity index (χ4n) is 1.27. The van der Waals surface area contributed by atoms with Crippen LogP contribution < -0.4 is 0 Å². The number of ether oxygens (including phenoxy) is 1. The Hall–Kier alpha value is -1.38. The van der Waals surface area contributed by atoms with Crippen molar-refractivity contribution in [1.29, 1.82) is 5.26 Å². The van der Waals surface area contributed by atoms with Crippen molar-refractivity contribution in [2.24, 2.45) is 0 Å². The second-order valence-electron chi connectivity index (χ2n) is 3.16. The number of rotatable bonds is 3. The average molecular weight is 284 g/mol. The number of carbonyl (C=O) groups excluding carboxylic acids is 1. The third kappa shape index (κ3) is 3.05. The summed E-state index contributed by atoms with van der Waals surface area (Å²) in [4.78, 5) is 11.0. The lowest BCUT2D eigenvalue weighted by Crippen LogP contribution is -2.24. The third-order valence-electron chi connectivity index (χ3n) is 2.07. The normalized spacial score (nSPS) is 11.6. The van der Waals surface area contributed by atoms with Crippen LogP contribution in [0.25, 0.3) is 0 Å². The molecule has 0 spiro atoms. The highest BCUT2D eigenvalue weighted by atomic mass is 79.9. The summed E-state index contributed by atoms with van der Waals surface area (Å²) in [6.07, 6.45) is -1.18. The highest BCUT2D eigenvalue weighted by molar-refractivity contribution is 9.10. The summed E-state index contributed by atoms with van der Waals surface area (Å²) in [5.41, 5.74) is 1.04. The number of aliphatic hydroxyl groups excluding tert-OH is 1. The first-order valence-electron chi connectivity index (χ1n) is 4.53. The van der Waals surface area contributed by atoms with Crippen molar-refractivity contribution in [3.05, 3.63) is 33.8 Å². The predicted molar refractivity (Wildman–Crippen MR) is 60.6 cm³/mol. The maximum atomic E-state index is 11.0. The van der Waals surface area contributed by atoms with E-state index >= 15 is 0 Å². The Bertz CT molecular complexity index is 439. The Balaban J connectivity index is 2.92. The number of hydrogen-bond donors (Lipinski definition) is 1. The van der Waals surface area contributed by atoms with Gasteiger partial charge in [-0.15, -0.1) is 0 Å². The Morgan fingerprint density at radius 1 is 1.69 bits per heavy atom. The largest absolute Gasteiger partial charge is 0.467 e. The summed E-state index contributed by atoms with van der Waals surface area (Å²) in [5, 5.41) is 18.3. The molecule has 0 saturated carbocycles. The number of methoxy groups -OCH3 is 1. The molecule has 84 valence electrons. The van der Waals surface area contributed by atoms with Gasteiger partial charge in [-0.3, -0.25) is 0 Å². The Labute approximate surface area is 102 Å². The molecular formula is C11H10BrNO3. The fraction of sp³-hybridized carbons (Fsp3) is 0.273. The number of hydrogen-bond acceptors (Lipinski definition) is 4. The predicted octanol–water partition coefficient (Wildman–Crippen LogP) is 1.40. The van der Waals surface area contributed by atoms with Gasteiger partial charge in [-0.1, -0.05) is 15.9 Å². The van der Waals surface area contributed by atoms with Gasteiger partial charge in [-0.25, -0.2) is 4.79 Å². The van der Waals surface area contributed by atoms with E-state index in [1.807, 2.05) is 6.07 Å². The lowest BCUT2D eigenvalue weighted by molar-refractivity contribution is -0.150. The molecule has 0 heterocycles. The molecule has 0 bridgehead atoms. The van der Waals surface area contributed by atoms with E-state index in [0.717, 1.165) is 4.47 Å². The zero-order valence-corrected chi connectivity index (χ0v) is 10.2. The van der Waals surface area contributed by atoms with Gasteiger partial charge >= 0.3 is 5.97 Å². The van der Waals surface area contributed by atoms with Crippen molar-refractivity contribution >= 4 is 21.9 Å². The number of benzene rings is 1. The lowest BCUT2D eigenvalue weighted by Gasteiger charge is -2.09. The van der Waals surface area contributed by atoms with Crippen LogP contribution in [0.3, 0.4) is 0 Å². The van der Waals surface area contributed by atoms with Crippen LogP contribution in [0.5, 0.6) is 0 Å². The zero-order valence-electron chi connectivity index (χ0n) is 8.61. The Morgan fingerprint density at radius 3 is 2.94 bits per heavy atom. The van der Waals surface area contributed by atoms with E-state index in [2.05, 4.69) is 20.7 Å². The quantitative estimate of drug-likeness (QED) is 0.852. The second kappa shape index (κ2) is 5.64. The molecule has 1 unspecified atom stereocenters. The van der Waals surface area contributed by atoms with Crippen molar-refractivity contribution in [3.8, 4) is 6.07 Å². The first-order chi connectivity index (χ1) is 7.58. The molecule has 0 aliphatic carbocycles. The number of carbonyl (C=O) groups is 1. The van der Waals surface area contributed by atoms with Gasteiger partial charge in [0.25, 0.3) is 0 Å². The van der Waals surface area contributed by atoms with E-state index in [9.17, 15) is 9.90 Å². The summed E-state index contributed by atoms with van der Waals surface area (Å²) >= 11 is 3.26. The molecular weight excluding hydrogens is 274 g/mol. The topological polar surface area (TPSA) is 70.3 Å². The van der Waals surface area contributed by atoms with Crippen molar-refractivity contribution in [2.45, 2.75) is 12.5 Å². The molecule has 1 rings (SSSR count). The van der Waals surface area contributed by atoms with Gasteiger partial charge in [0, 0.05) is 10.9 Å². The number of aliphatic hydroxyl groups is 1. The number of esters is 1. The standard InChI is InChI=1S/C11H10BrNO3/c1-16-11(15)10(14)5-8-4-9(12)3-2-7(8)6-13/h2-4,10,14H,5H2,1H3. The minimum absolute atomic E-state index is 0.0645. The molecule has 1 N–H and O–H groups in total. The average Bonchev–Trinajstić information content (AvgIpc) is 2.28. The van der Waals surface area contributed by atoms with Crippen LogP contribution in [0.1, 0.15) is 11.1 Å². The first kappa shape index (κ1) is 12.7. The van der Waals surface area contributed by atoms with Crippen molar-refractivity contribution in [3.63, 3.8) is 0 Å². The molecule has 0 saturated heterocycles. The molecule has 1 atom stereocenters. The number of nitriles is 1. The maximum absolute atomic E-state index is 11.0. The lowest BCUT2D eigenvalue weighted by atomic mass is 10.0. The van der Waals surface area contributed by atoms with Gasteiger partial charge in [0.1, 0.15) is 0 Å². The molecule has 0 aliphatic rings. The number of nitrogens with zero attached hydrogens (tertiary/aromatic N) is 1. The van der Waals surface area contributed by atoms with Crippen LogP contribution in [-0.2, 0) is 16.0 Å². The molecule has 0 amide bonds. The van der Waals surface area contributed by atoms with Crippen LogP contribution >= 0.6 is 15.9 Å². The van der Waals surface area contributed by atoms with Gasteiger partial charge in [0.2, 0.25) is 0 Å². The van der Waals surface area contributed by atoms with E-state index in [0.29, 0.717) is 11.1 Å². The highest BCUT2D eigenvalue weighted by Crippen LogP contribution is 2.17. The maximum Gasteiger partial charge on any atom is 0.335 e. The highest BCUT2D eigenvalue weighted by Gasteiger charge is 2.17. The van der Waals surface area contributed by atoms with E-state index in [1.165, 1.54) is 7.11 Å².